The number of hydrogen-bond acceptors (Lipinski definition) is 3. The van der Waals surface area contributed by atoms with E-state index in [0.29, 0.717) is 31.5 Å². The van der Waals surface area contributed by atoms with Crippen LogP contribution in [0.2, 0.25) is 0 Å². The van der Waals surface area contributed by atoms with E-state index in [0.717, 1.165) is 5.56 Å². The molecule has 0 saturated carbocycles. The van der Waals surface area contributed by atoms with Crippen molar-refractivity contribution in [2.75, 3.05) is 11.9 Å². The van der Waals surface area contributed by atoms with Crippen LogP contribution in [0.5, 0.6) is 0 Å². The highest BCUT2D eigenvalue weighted by atomic mass is 16.4. The monoisotopic (exact) mass is 273 g/mol. The van der Waals surface area contributed by atoms with Gasteiger partial charge in [0.05, 0.1) is 12.5 Å². The van der Waals surface area contributed by atoms with Crippen LogP contribution >= 0.6 is 0 Å². The minimum Gasteiger partial charge on any atom is -0.480 e. The molecule has 1 aliphatic rings. The molecule has 1 aliphatic heterocycles. The van der Waals surface area contributed by atoms with Crippen LogP contribution in [0.4, 0.5) is 10.5 Å². The number of urea groups is 1. The van der Waals surface area contributed by atoms with Crippen LogP contribution in [0, 0.1) is 11.3 Å². The fraction of sp³-hybridized carbons (Fsp3) is 0.357. The molecule has 0 radical (unpaired) electrons. The Morgan fingerprint density at radius 1 is 1.40 bits per heavy atom. The van der Waals surface area contributed by atoms with Crippen molar-refractivity contribution >= 4 is 17.7 Å². The number of amides is 2. The van der Waals surface area contributed by atoms with E-state index in [1.54, 1.807) is 24.3 Å². The zero-order valence-corrected chi connectivity index (χ0v) is 10.9. The van der Waals surface area contributed by atoms with Crippen LogP contribution in [-0.2, 0) is 11.2 Å². The van der Waals surface area contributed by atoms with Gasteiger partial charge in [0.25, 0.3) is 0 Å². The Balaban J connectivity index is 2.00. The zero-order valence-electron chi connectivity index (χ0n) is 10.9. The van der Waals surface area contributed by atoms with Gasteiger partial charge in [0.1, 0.15) is 6.04 Å². The van der Waals surface area contributed by atoms with Crippen molar-refractivity contribution in [1.82, 2.24) is 4.90 Å². The number of rotatable bonds is 3. The van der Waals surface area contributed by atoms with Gasteiger partial charge in [-0.1, -0.05) is 12.1 Å². The Morgan fingerprint density at radius 3 is 2.70 bits per heavy atom. The maximum atomic E-state index is 12.0. The number of likely N-dealkylation sites (tertiary alicyclic amines) is 1. The topological polar surface area (TPSA) is 93.4 Å². The molecule has 0 aromatic heterocycles. The summed E-state index contributed by atoms with van der Waals surface area (Å²) >= 11 is 0. The third-order valence-electron chi connectivity index (χ3n) is 3.29. The second kappa shape index (κ2) is 6.06. The fourth-order valence-corrected chi connectivity index (χ4v) is 2.26. The molecule has 6 heteroatoms. The van der Waals surface area contributed by atoms with Crippen LogP contribution in [0.15, 0.2) is 24.3 Å². The maximum Gasteiger partial charge on any atom is 0.326 e. The molecule has 0 spiro atoms. The first-order valence-corrected chi connectivity index (χ1v) is 6.38. The van der Waals surface area contributed by atoms with Gasteiger partial charge in [0.15, 0.2) is 0 Å². The highest BCUT2D eigenvalue weighted by Crippen LogP contribution is 2.19. The van der Waals surface area contributed by atoms with E-state index in [2.05, 4.69) is 5.32 Å². The minimum absolute atomic E-state index is 0.321. The number of carbonyl (C=O) groups excluding carboxylic acids is 1. The van der Waals surface area contributed by atoms with Gasteiger partial charge in [0.2, 0.25) is 0 Å². The number of nitrogens with one attached hydrogen (secondary N) is 1. The van der Waals surface area contributed by atoms with E-state index in [1.165, 1.54) is 4.90 Å². The Morgan fingerprint density at radius 2 is 2.10 bits per heavy atom. The summed E-state index contributed by atoms with van der Waals surface area (Å²) in [6, 6.07) is 7.84. The van der Waals surface area contributed by atoms with Crippen LogP contribution in [0.3, 0.4) is 0 Å². The van der Waals surface area contributed by atoms with Gasteiger partial charge in [-0.2, -0.15) is 5.26 Å². The first-order chi connectivity index (χ1) is 9.61. The number of carboxylic acids is 1. The van der Waals surface area contributed by atoms with Gasteiger partial charge in [-0.15, -0.1) is 0 Å². The van der Waals surface area contributed by atoms with Crippen LogP contribution in [0.1, 0.15) is 18.4 Å². The SMILES string of the molecule is N#CCc1ccc(NC(=O)N2CCC[C@@H]2C(=O)O)cc1. The highest BCUT2D eigenvalue weighted by Gasteiger charge is 2.33. The van der Waals surface area contributed by atoms with Gasteiger partial charge < -0.3 is 15.3 Å². The summed E-state index contributed by atoms with van der Waals surface area (Å²) in [5.41, 5.74) is 1.46. The quantitative estimate of drug-likeness (QED) is 0.878. The Hall–Kier alpha value is -2.55. The maximum absolute atomic E-state index is 12.0. The van der Waals surface area contributed by atoms with E-state index in [1.807, 2.05) is 6.07 Å². The van der Waals surface area contributed by atoms with Crippen molar-refractivity contribution in [3.8, 4) is 6.07 Å². The van der Waals surface area contributed by atoms with E-state index >= 15 is 0 Å². The third kappa shape index (κ3) is 3.06. The Bertz CT molecular complexity index is 548. The molecular formula is C14H15N3O3. The molecule has 0 aliphatic carbocycles. The molecule has 104 valence electrons. The largest absolute Gasteiger partial charge is 0.480 e. The average Bonchev–Trinajstić information content (AvgIpc) is 2.91. The van der Waals surface area contributed by atoms with Crippen LogP contribution in [0.25, 0.3) is 0 Å². The number of carboxylic acid groups (broad SMARTS) is 1. The summed E-state index contributed by atoms with van der Waals surface area (Å²) in [6.07, 6.45) is 1.51. The number of carbonyl (C=O) groups is 2. The van der Waals surface area contributed by atoms with E-state index in [9.17, 15) is 9.59 Å². The molecule has 1 aromatic carbocycles. The highest BCUT2D eigenvalue weighted by molar-refractivity contribution is 5.92. The average molecular weight is 273 g/mol. The molecular weight excluding hydrogens is 258 g/mol. The van der Waals surface area contributed by atoms with Crippen LogP contribution < -0.4 is 5.32 Å². The molecule has 2 N–H and O–H groups in total. The molecule has 20 heavy (non-hydrogen) atoms. The lowest BCUT2D eigenvalue weighted by Crippen LogP contribution is -2.42. The number of benzene rings is 1. The predicted molar refractivity (Wildman–Crippen MR) is 72.1 cm³/mol. The van der Waals surface area contributed by atoms with Gasteiger partial charge in [-0.25, -0.2) is 9.59 Å². The normalized spacial score (nSPS) is 17.6. The van der Waals surface area contributed by atoms with E-state index in [-0.39, 0.29) is 0 Å². The standard InChI is InChI=1S/C14H15N3O3/c15-8-7-10-3-5-11(6-4-10)16-14(20)17-9-1-2-12(17)13(18)19/h3-6,12H,1-2,7,9H2,(H,16,20)(H,18,19)/t12-/m1/s1. The fourth-order valence-electron chi connectivity index (χ4n) is 2.26. The Kier molecular flexibility index (Phi) is 4.20. The summed E-state index contributed by atoms with van der Waals surface area (Å²) in [5.74, 6) is -0.970. The van der Waals surface area contributed by atoms with E-state index in [4.69, 9.17) is 10.4 Å². The lowest BCUT2D eigenvalue weighted by atomic mass is 10.1. The number of aliphatic carboxylic acids is 1. The molecule has 1 fully saturated rings. The minimum atomic E-state index is -0.970. The predicted octanol–water partition coefficient (Wildman–Crippen LogP) is 1.83. The summed E-state index contributed by atoms with van der Waals surface area (Å²) in [7, 11) is 0. The van der Waals surface area contributed by atoms with Crippen molar-refractivity contribution < 1.29 is 14.7 Å². The first-order valence-electron chi connectivity index (χ1n) is 6.38. The Labute approximate surface area is 116 Å². The summed E-state index contributed by atoms with van der Waals surface area (Å²) in [6.45, 7) is 0.454. The lowest BCUT2D eigenvalue weighted by Gasteiger charge is -2.21. The first kappa shape index (κ1) is 13.9. The molecule has 2 amide bonds. The summed E-state index contributed by atoms with van der Waals surface area (Å²) < 4.78 is 0. The van der Waals surface area contributed by atoms with Gasteiger partial charge >= 0.3 is 12.0 Å². The van der Waals surface area contributed by atoms with Crippen molar-refractivity contribution in [2.45, 2.75) is 25.3 Å². The number of anilines is 1. The molecule has 1 aromatic rings. The molecule has 1 atom stereocenters. The molecule has 6 nitrogen and oxygen atoms in total. The van der Waals surface area contributed by atoms with Gasteiger partial charge in [-0.3, -0.25) is 0 Å². The summed E-state index contributed by atoms with van der Waals surface area (Å²) in [5, 5.41) is 20.3. The van der Waals surface area contributed by atoms with Gasteiger partial charge in [-0.05, 0) is 30.5 Å². The van der Waals surface area contributed by atoms with Crippen molar-refractivity contribution in [2.24, 2.45) is 0 Å². The summed E-state index contributed by atoms with van der Waals surface area (Å²) in [4.78, 5) is 24.4. The van der Waals surface area contributed by atoms with Crippen molar-refractivity contribution in [3.05, 3.63) is 29.8 Å². The number of hydrogen-bond donors (Lipinski definition) is 2. The second-order valence-electron chi connectivity index (χ2n) is 4.65. The zero-order chi connectivity index (χ0) is 14.5. The smallest absolute Gasteiger partial charge is 0.326 e. The lowest BCUT2D eigenvalue weighted by molar-refractivity contribution is -0.141. The van der Waals surface area contributed by atoms with Crippen molar-refractivity contribution in [1.29, 1.82) is 5.26 Å². The third-order valence-corrected chi connectivity index (χ3v) is 3.29. The van der Waals surface area contributed by atoms with Crippen molar-refractivity contribution in [3.63, 3.8) is 0 Å². The van der Waals surface area contributed by atoms with Gasteiger partial charge in [0, 0.05) is 12.2 Å². The molecule has 1 saturated heterocycles. The molecule has 1 heterocycles. The molecule has 2 rings (SSSR count). The number of nitriles is 1. The second-order valence-corrected chi connectivity index (χ2v) is 4.65. The number of nitrogens with zero attached hydrogens (tertiary/aromatic N) is 2. The molecule has 0 unspecified atom stereocenters. The van der Waals surface area contributed by atoms with Crippen LogP contribution in [-0.4, -0.2) is 34.6 Å². The molecule has 0 bridgehead atoms. The van der Waals surface area contributed by atoms with E-state index < -0.39 is 18.0 Å².